The largest absolute Gasteiger partial charge is 0.337 e. The normalized spacial score (nSPS) is 15.8. The Balaban J connectivity index is 1.85. The number of hydrogen-bond donors (Lipinski definition) is 0. The summed E-state index contributed by atoms with van der Waals surface area (Å²) in [6.45, 7) is 1.71. The molecule has 3 rings (SSSR count). The van der Waals surface area contributed by atoms with E-state index in [4.69, 9.17) is 0 Å². The van der Waals surface area contributed by atoms with Crippen LogP contribution in [0.15, 0.2) is 36.4 Å². The molecule has 0 radical (unpaired) electrons. The zero-order chi connectivity index (χ0) is 14.7. The van der Waals surface area contributed by atoms with Gasteiger partial charge in [-0.1, -0.05) is 43.2 Å². The van der Waals surface area contributed by atoms with E-state index in [1.54, 1.807) is 4.68 Å². The van der Waals surface area contributed by atoms with E-state index in [1.165, 1.54) is 12.8 Å². The summed E-state index contributed by atoms with van der Waals surface area (Å²) < 4.78 is 1.79. The molecule has 0 spiro atoms. The summed E-state index contributed by atoms with van der Waals surface area (Å²) in [7, 11) is 1.89. The minimum absolute atomic E-state index is 0.0645. The summed E-state index contributed by atoms with van der Waals surface area (Å²) in [5.74, 6) is 0.0645. The predicted octanol–water partition coefficient (Wildman–Crippen LogP) is 3.10. The Kier molecular flexibility index (Phi) is 4.04. The van der Waals surface area contributed by atoms with Crippen LogP contribution in [0.2, 0.25) is 0 Å². The molecule has 110 valence electrons. The Morgan fingerprint density at radius 3 is 2.38 bits per heavy atom. The van der Waals surface area contributed by atoms with E-state index >= 15 is 0 Å². The van der Waals surface area contributed by atoms with Gasteiger partial charge in [0.2, 0.25) is 0 Å². The Bertz CT molecular complexity index is 610. The van der Waals surface area contributed by atoms with Gasteiger partial charge >= 0.3 is 0 Å². The Morgan fingerprint density at radius 1 is 1.05 bits per heavy atom. The number of benzene rings is 1. The maximum absolute atomic E-state index is 12.6. The van der Waals surface area contributed by atoms with Gasteiger partial charge in [-0.15, -0.1) is 0 Å². The number of aromatic nitrogens is 2. The number of carbonyl (C=O) groups is 1. The maximum Gasteiger partial charge on any atom is 0.274 e. The van der Waals surface area contributed by atoms with E-state index in [9.17, 15) is 4.79 Å². The maximum atomic E-state index is 12.6. The van der Waals surface area contributed by atoms with E-state index < -0.39 is 0 Å². The van der Waals surface area contributed by atoms with Crippen LogP contribution in [-0.4, -0.2) is 33.7 Å². The first-order valence-corrected chi connectivity index (χ1v) is 7.64. The first-order valence-electron chi connectivity index (χ1n) is 7.64. The van der Waals surface area contributed by atoms with E-state index in [0.29, 0.717) is 5.69 Å². The van der Waals surface area contributed by atoms with Gasteiger partial charge in [-0.05, 0) is 24.5 Å². The van der Waals surface area contributed by atoms with E-state index in [0.717, 1.165) is 37.2 Å². The van der Waals surface area contributed by atoms with Crippen LogP contribution < -0.4 is 0 Å². The van der Waals surface area contributed by atoms with Gasteiger partial charge in [-0.3, -0.25) is 9.48 Å². The molecule has 2 aromatic rings. The molecule has 1 aromatic carbocycles. The third-order valence-electron chi connectivity index (χ3n) is 4.06. The molecule has 1 amide bonds. The van der Waals surface area contributed by atoms with Crippen molar-refractivity contribution in [1.29, 1.82) is 0 Å². The second-order valence-corrected chi connectivity index (χ2v) is 5.61. The molecular weight excluding hydrogens is 262 g/mol. The fourth-order valence-corrected chi connectivity index (χ4v) is 2.89. The summed E-state index contributed by atoms with van der Waals surface area (Å²) in [4.78, 5) is 14.5. The lowest BCUT2D eigenvalue weighted by Gasteiger charge is -2.18. The van der Waals surface area contributed by atoms with E-state index in [-0.39, 0.29) is 5.91 Å². The molecule has 21 heavy (non-hydrogen) atoms. The van der Waals surface area contributed by atoms with Crippen molar-refractivity contribution in [2.24, 2.45) is 7.05 Å². The molecule has 1 aromatic heterocycles. The van der Waals surface area contributed by atoms with Gasteiger partial charge in [0.05, 0.1) is 5.69 Å². The van der Waals surface area contributed by atoms with Crippen molar-refractivity contribution in [3.05, 3.63) is 42.1 Å². The summed E-state index contributed by atoms with van der Waals surface area (Å²) in [6.07, 6.45) is 4.65. The van der Waals surface area contributed by atoms with Gasteiger partial charge < -0.3 is 4.90 Å². The molecule has 1 aliphatic heterocycles. The Labute approximate surface area is 125 Å². The second-order valence-electron chi connectivity index (χ2n) is 5.61. The molecule has 0 aliphatic carbocycles. The van der Waals surface area contributed by atoms with Crippen LogP contribution in [0, 0.1) is 0 Å². The molecule has 1 aliphatic rings. The van der Waals surface area contributed by atoms with Gasteiger partial charge in [-0.2, -0.15) is 5.10 Å². The van der Waals surface area contributed by atoms with Crippen LogP contribution in [0.4, 0.5) is 0 Å². The van der Waals surface area contributed by atoms with Crippen molar-refractivity contribution < 1.29 is 4.79 Å². The zero-order valence-corrected chi connectivity index (χ0v) is 12.5. The third-order valence-corrected chi connectivity index (χ3v) is 4.06. The minimum Gasteiger partial charge on any atom is -0.337 e. The highest BCUT2D eigenvalue weighted by molar-refractivity contribution is 5.93. The van der Waals surface area contributed by atoms with Crippen LogP contribution in [0.5, 0.6) is 0 Å². The molecular formula is C17H21N3O. The monoisotopic (exact) mass is 283 g/mol. The summed E-state index contributed by atoms with van der Waals surface area (Å²) in [6, 6.07) is 12.0. The van der Waals surface area contributed by atoms with Crippen LogP contribution in [0.3, 0.4) is 0 Å². The minimum atomic E-state index is 0.0645. The standard InChI is InChI=1S/C17H21N3O/c1-19-16(14-9-5-4-6-10-14)13-15(18-19)17(21)20-11-7-2-3-8-12-20/h4-6,9-10,13H,2-3,7-8,11-12H2,1H3. The van der Waals surface area contributed by atoms with Crippen molar-refractivity contribution in [3.8, 4) is 11.3 Å². The number of rotatable bonds is 2. The van der Waals surface area contributed by atoms with Crippen molar-refractivity contribution in [2.75, 3.05) is 13.1 Å². The molecule has 1 saturated heterocycles. The number of likely N-dealkylation sites (tertiary alicyclic amines) is 1. The Morgan fingerprint density at radius 2 is 1.71 bits per heavy atom. The lowest BCUT2D eigenvalue weighted by Crippen LogP contribution is -2.32. The first kappa shape index (κ1) is 13.9. The summed E-state index contributed by atoms with van der Waals surface area (Å²) in [5, 5.41) is 4.42. The highest BCUT2D eigenvalue weighted by Gasteiger charge is 2.21. The number of nitrogens with zero attached hydrogens (tertiary/aromatic N) is 3. The molecule has 2 heterocycles. The fraction of sp³-hybridized carbons (Fsp3) is 0.412. The molecule has 1 fully saturated rings. The third kappa shape index (κ3) is 2.99. The lowest BCUT2D eigenvalue weighted by atomic mass is 10.1. The van der Waals surface area contributed by atoms with Gasteiger partial charge in [0.25, 0.3) is 5.91 Å². The topological polar surface area (TPSA) is 38.1 Å². The van der Waals surface area contributed by atoms with Crippen LogP contribution in [-0.2, 0) is 7.05 Å². The van der Waals surface area contributed by atoms with Gasteiger partial charge in [-0.25, -0.2) is 0 Å². The average molecular weight is 283 g/mol. The highest BCUT2D eigenvalue weighted by Crippen LogP contribution is 2.21. The van der Waals surface area contributed by atoms with Gasteiger partial charge in [0.1, 0.15) is 0 Å². The van der Waals surface area contributed by atoms with E-state index in [1.807, 2.05) is 48.3 Å². The van der Waals surface area contributed by atoms with Gasteiger partial charge in [0.15, 0.2) is 5.69 Å². The van der Waals surface area contributed by atoms with Crippen molar-refractivity contribution in [3.63, 3.8) is 0 Å². The molecule has 4 nitrogen and oxygen atoms in total. The fourth-order valence-electron chi connectivity index (χ4n) is 2.89. The average Bonchev–Trinajstić information content (AvgIpc) is 2.74. The molecule has 0 N–H and O–H groups in total. The summed E-state index contributed by atoms with van der Waals surface area (Å²) >= 11 is 0. The molecule has 0 atom stereocenters. The van der Waals surface area contributed by atoms with E-state index in [2.05, 4.69) is 5.10 Å². The number of amides is 1. The SMILES string of the molecule is Cn1nc(C(=O)N2CCCCCC2)cc1-c1ccccc1. The number of carbonyl (C=O) groups excluding carboxylic acids is 1. The van der Waals surface area contributed by atoms with Crippen molar-refractivity contribution in [2.45, 2.75) is 25.7 Å². The quantitative estimate of drug-likeness (QED) is 0.849. The zero-order valence-electron chi connectivity index (χ0n) is 12.5. The van der Waals surface area contributed by atoms with Crippen molar-refractivity contribution in [1.82, 2.24) is 14.7 Å². The van der Waals surface area contributed by atoms with Gasteiger partial charge in [0, 0.05) is 20.1 Å². The Hall–Kier alpha value is -2.10. The first-order chi connectivity index (χ1) is 10.3. The molecule has 0 bridgehead atoms. The predicted molar refractivity (Wildman–Crippen MR) is 83.0 cm³/mol. The van der Waals surface area contributed by atoms with Crippen LogP contribution in [0.25, 0.3) is 11.3 Å². The van der Waals surface area contributed by atoms with Crippen molar-refractivity contribution >= 4 is 5.91 Å². The number of aryl methyl sites for hydroxylation is 1. The lowest BCUT2D eigenvalue weighted by molar-refractivity contribution is 0.0755. The molecule has 4 heteroatoms. The molecule has 0 saturated carbocycles. The second kappa shape index (κ2) is 6.12. The van der Waals surface area contributed by atoms with Crippen LogP contribution >= 0.6 is 0 Å². The van der Waals surface area contributed by atoms with Crippen LogP contribution in [0.1, 0.15) is 36.2 Å². The number of hydrogen-bond acceptors (Lipinski definition) is 2. The summed E-state index contributed by atoms with van der Waals surface area (Å²) in [5.41, 5.74) is 2.62. The highest BCUT2D eigenvalue weighted by atomic mass is 16.2. The molecule has 0 unspecified atom stereocenters. The smallest absolute Gasteiger partial charge is 0.274 e.